The smallest absolute Gasteiger partial charge is 0.257 e. The molecule has 1 heterocycles. The topological polar surface area (TPSA) is 71.1 Å². The van der Waals surface area contributed by atoms with Crippen LogP contribution >= 0.6 is 11.3 Å². The molecule has 2 amide bonds. The highest BCUT2D eigenvalue weighted by Crippen LogP contribution is 2.29. The number of anilines is 2. The van der Waals surface area contributed by atoms with Gasteiger partial charge in [0.2, 0.25) is 5.91 Å². The van der Waals surface area contributed by atoms with Crippen molar-refractivity contribution in [1.82, 2.24) is 4.98 Å². The lowest BCUT2D eigenvalue weighted by molar-refractivity contribution is -0.118. The zero-order chi connectivity index (χ0) is 18.8. The molecule has 134 valence electrons. The first-order valence-electron chi connectivity index (χ1n) is 8.43. The molecule has 1 aromatic heterocycles. The average Bonchev–Trinajstić information content (AvgIpc) is 2.98. The van der Waals surface area contributed by atoms with Gasteiger partial charge in [0.25, 0.3) is 5.91 Å². The Labute approximate surface area is 156 Å². The van der Waals surface area contributed by atoms with Crippen molar-refractivity contribution in [3.8, 4) is 0 Å². The number of nitrogens with zero attached hydrogens (tertiary/aromatic N) is 1. The Morgan fingerprint density at radius 2 is 1.73 bits per heavy atom. The predicted octanol–water partition coefficient (Wildman–Crippen LogP) is 4.76. The highest BCUT2D eigenvalue weighted by atomic mass is 32.1. The summed E-state index contributed by atoms with van der Waals surface area (Å²) in [6.07, 6.45) is 0. The van der Waals surface area contributed by atoms with Crippen LogP contribution in [0.4, 0.5) is 10.8 Å². The van der Waals surface area contributed by atoms with Crippen molar-refractivity contribution in [2.24, 2.45) is 5.92 Å². The number of benzene rings is 2. The predicted molar refractivity (Wildman–Crippen MR) is 107 cm³/mol. The number of aryl methyl sites for hydroxylation is 2. The van der Waals surface area contributed by atoms with E-state index in [9.17, 15) is 9.59 Å². The minimum Gasteiger partial charge on any atom is -0.326 e. The fraction of sp³-hybridized carbons (Fsp3) is 0.250. The van der Waals surface area contributed by atoms with E-state index in [4.69, 9.17) is 0 Å². The first-order chi connectivity index (χ1) is 12.3. The van der Waals surface area contributed by atoms with Crippen LogP contribution in [0.5, 0.6) is 0 Å². The second kappa shape index (κ2) is 7.25. The van der Waals surface area contributed by atoms with E-state index in [0.717, 1.165) is 15.8 Å². The molecule has 0 unspecified atom stereocenters. The number of rotatable bonds is 4. The lowest BCUT2D eigenvalue weighted by atomic mass is 10.1. The van der Waals surface area contributed by atoms with Crippen molar-refractivity contribution >= 4 is 44.2 Å². The van der Waals surface area contributed by atoms with Crippen LogP contribution in [0, 0.1) is 19.8 Å². The Morgan fingerprint density at radius 3 is 2.38 bits per heavy atom. The van der Waals surface area contributed by atoms with E-state index in [-0.39, 0.29) is 17.7 Å². The van der Waals surface area contributed by atoms with Gasteiger partial charge in [-0.1, -0.05) is 31.3 Å². The van der Waals surface area contributed by atoms with E-state index in [1.54, 1.807) is 24.3 Å². The fourth-order valence-corrected chi connectivity index (χ4v) is 3.62. The van der Waals surface area contributed by atoms with Crippen LogP contribution in [0.25, 0.3) is 10.2 Å². The maximum absolute atomic E-state index is 12.5. The summed E-state index contributed by atoms with van der Waals surface area (Å²) < 4.78 is 1.06. The lowest BCUT2D eigenvalue weighted by Gasteiger charge is -2.08. The number of hydrogen-bond acceptors (Lipinski definition) is 4. The summed E-state index contributed by atoms with van der Waals surface area (Å²) in [6, 6.07) is 11.0. The SMILES string of the molecule is Cc1cc(C)c2nc(NC(=O)c3ccc(NC(=O)C(C)C)cc3)sc2c1. The van der Waals surface area contributed by atoms with Crippen LogP contribution in [-0.4, -0.2) is 16.8 Å². The van der Waals surface area contributed by atoms with Gasteiger partial charge in [0.15, 0.2) is 5.13 Å². The number of nitrogens with one attached hydrogen (secondary N) is 2. The Hall–Kier alpha value is -2.73. The fourth-order valence-electron chi connectivity index (χ4n) is 2.58. The first kappa shape index (κ1) is 18.1. The van der Waals surface area contributed by atoms with Gasteiger partial charge < -0.3 is 5.32 Å². The van der Waals surface area contributed by atoms with Crippen LogP contribution in [0.1, 0.15) is 35.3 Å². The van der Waals surface area contributed by atoms with Crippen LogP contribution in [-0.2, 0) is 4.79 Å². The van der Waals surface area contributed by atoms with Gasteiger partial charge in [0.1, 0.15) is 0 Å². The van der Waals surface area contributed by atoms with Crippen LogP contribution < -0.4 is 10.6 Å². The average molecular weight is 367 g/mol. The van der Waals surface area contributed by atoms with Gasteiger partial charge in [-0.15, -0.1) is 0 Å². The van der Waals surface area contributed by atoms with Gasteiger partial charge in [-0.05, 0) is 55.3 Å². The van der Waals surface area contributed by atoms with Crippen molar-refractivity contribution in [2.75, 3.05) is 10.6 Å². The summed E-state index contributed by atoms with van der Waals surface area (Å²) in [4.78, 5) is 28.7. The maximum Gasteiger partial charge on any atom is 0.257 e. The van der Waals surface area contributed by atoms with E-state index in [1.165, 1.54) is 16.9 Å². The summed E-state index contributed by atoms with van der Waals surface area (Å²) in [5.74, 6) is -0.369. The molecule has 0 atom stereocenters. The Morgan fingerprint density at radius 1 is 1.04 bits per heavy atom. The molecule has 5 nitrogen and oxygen atoms in total. The van der Waals surface area contributed by atoms with Crippen LogP contribution in [0.3, 0.4) is 0 Å². The number of carbonyl (C=O) groups is 2. The molecule has 26 heavy (non-hydrogen) atoms. The number of thiazole rings is 1. The third-order valence-corrected chi connectivity index (χ3v) is 4.91. The molecular formula is C20H21N3O2S. The second-order valence-electron chi connectivity index (χ2n) is 6.62. The molecule has 0 saturated carbocycles. The molecule has 3 rings (SSSR count). The molecule has 0 aliphatic heterocycles. The molecule has 0 aliphatic rings. The van der Waals surface area contributed by atoms with Crippen molar-refractivity contribution in [2.45, 2.75) is 27.7 Å². The van der Waals surface area contributed by atoms with Crippen molar-refractivity contribution < 1.29 is 9.59 Å². The molecule has 2 aromatic carbocycles. The number of carbonyl (C=O) groups excluding carboxylic acids is 2. The zero-order valence-electron chi connectivity index (χ0n) is 15.2. The van der Waals surface area contributed by atoms with E-state index < -0.39 is 0 Å². The number of hydrogen-bond donors (Lipinski definition) is 2. The Bertz CT molecular complexity index is 975. The number of amides is 2. The summed E-state index contributed by atoms with van der Waals surface area (Å²) in [7, 11) is 0. The summed E-state index contributed by atoms with van der Waals surface area (Å²) in [5, 5.41) is 6.24. The normalized spacial score (nSPS) is 11.0. The van der Waals surface area contributed by atoms with Gasteiger partial charge in [-0.25, -0.2) is 4.98 Å². The minimum absolute atomic E-state index is 0.0534. The van der Waals surface area contributed by atoms with Crippen molar-refractivity contribution in [1.29, 1.82) is 0 Å². The van der Waals surface area contributed by atoms with E-state index >= 15 is 0 Å². The van der Waals surface area contributed by atoms with E-state index in [2.05, 4.69) is 27.8 Å². The first-order valence-corrected chi connectivity index (χ1v) is 9.25. The quantitative estimate of drug-likeness (QED) is 0.698. The molecule has 0 fully saturated rings. The van der Waals surface area contributed by atoms with Gasteiger partial charge in [-0.2, -0.15) is 0 Å². The molecule has 0 radical (unpaired) electrons. The Kier molecular flexibility index (Phi) is 5.04. The molecule has 3 aromatic rings. The highest BCUT2D eigenvalue weighted by Gasteiger charge is 2.12. The van der Waals surface area contributed by atoms with E-state index in [1.807, 2.05) is 27.7 Å². The van der Waals surface area contributed by atoms with Crippen LogP contribution in [0.2, 0.25) is 0 Å². The third-order valence-electron chi connectivity index (χ3n) is 3.99. The second-order valence-corrected chi connectivity index (χ2v) is 7.65. The maximum atomic E-state index is 12.5. The molecular weight excluding hydrogens is 346 g/mol. The number of fused-ring (bicyclic) bond motifs is 1. The van der Waals surface area contributed by atoms with Gasteiger partial charge in [0.05, 0.1) is 10.2 Å². The molecule has 0 aliphatic carbocycles. The lowest BCUT2D eigenvalue weighted by Crippen LogP contribution is -2.18. The van der Waals surface area contributed by atoms with Crippen molar-refractivity contribution in [3.05, 3.63) is 53.1 Å². The third kappa shape index (κ3) is 3.91. The molecule has 0 bridgehead atoms. The van der Waals surface area contributed by atoms with Gasteiger partial charge in [-0.3, -0.25) is 14.9 Å². The van der Waals surface area contributed by atoms with Gasteiger partial charge in [0, 0.05) is 17.2 Å². The largest absolute Gasteiger partial charge is 0.326 e. The highest BCUT2D eigenvalue weighted by molar-refractivity contribution is 7.22. The van der Waals surface area contributed by atoms with Crippen molar-refractivity contribution in [3.63, 3.8) is 0 Å². The molecule has 6 heteroatoms. The van der Waals surface area contributed by atoms with Gasteiger partial charge >= 0.3 is 0 Å². The number of aromatic nitrogens is 1. The monoisotopic (exact) mass is 367 g/mol. The zero-order valence-corrected chi connectivity index (χ0v) is 16.0. The molecule has 2 N–H and O–H groups in total. The summed E-state index contributed by atoms with van der Waals surface area (Å²) in [5.41, 5.74) is 4.38. The Balaban J connectivity index is 1.74. The minimum atomic E-state index is -0.222. The summed E-state index contributed by atoms with van der Waals surface area (Å²) >= 11 is 1.46. The standard InChI is InChI=1S/C20H21N3O2S/c1-11(2)18(24)21-15-7-5-14(6-8-15)19(25)23-20-22-17-13(4)9-12(3)10-16(17)26-20/h5-11H,1-4H3,(H,21,24)(H,22,23,25). The molecule has 0 saturated heterocycles. The van der Waals surface area contributed by atoms with E-state index in [0.29, 0.717) is 16.4 Å². The van der Waals surface area contributed by atoms with Crippen LogP contribution in [0.15, 0.2) is 36.4 Å². The molecule has 0 spiro atoms. The summed E-state index contributed by atoms with van der Waals surface area (Å²) in [6.45, 7) is 7.73.